The Balaban J connectivity index is 1.73. The Hall–Kier alpha value is -2.72. The Morgan fingerprint density at radius 1 is 1.25 bits per heavy atom. The highest BCUT2D eigenvalue weighted by Crippen LogP contribution is 2.21. The molecule has 1 fully saturated rings. The lowest BCUT2D eigenvalue weighted by molar-refractivity contribution is -0.120. The lowest BCUT2D eigenvalue weighted by Crippen LogP contribution is -2.52. The van der Waals surface area contributed by atoms with Gasteiger partial charge in [-0.15, -0.1) is 0 Å². The zero-order valence-corrected chi connectivity index (χ0v) is 16.7. The number of anilines is 1. The zero-order chi connectivity index (χ0) is 20.5. The van der Waals surface area contributed by atoms with Gasteiger partial charge in [0.25, 0.3) is 11.8 Å². The molecular formula is C18H25N5O4S. The van der Waals surface area contributed by atoms with Crippen molar-refractivity contribution in [1.29, 1.82) is 0 Å². The van der Waals surface area contributed by atoms with Gasteiger partial charge in [0.2, 0.25) is 5.91 Å². The molecule has 3 amide bonds. The van der Waals surface area contributed by atoms with Gasteiger partial charge in [0.05, 0.1) is 13.2 Å². The predicted molar refractivity (Wildman–Crippen MR) is 109 cm³/mol. The van der Waals surface area contributed by atoms with E-state index in [-0.39, 0.29) is 29.5 Å². The van der Waals surface area contributed by atoms with E-state index in [1.807, 2.05) is 6.92 Å². The molecule has 0 unspecified atom stereocenters. The van der Waals surface area contributed by atoms with Crippen molar-refractivity contribution in [2.75, 3.05) is 31.7 Å². The Bertz CT molecular complexity index is 725. The van der Waals surface area contributed by atoms with Gasteiger partial charge in [0.15, 0.2) is 5.11 Å². The average Bonchev–Trinajstić information content (AvgIpc) is 3.10. The zero-order valence-electron chi connectivity index (χ0n) is 15.9. The number of hydrogen-bond donors (Lipinski definition) is 4. The van der Waals surface area contributed by atoms with Crippen LogP contribution in [-0.4, -0.2) is 55.7 Å². The summed E-state index contributed by atoms with van der Waals surface area (Å²) in [4.78, 5) is 37.4. The van der Waals surface area contributed by atoms with Crippen LogP contribution in [-0.2, 0) is 14.3 Å². The fourth-order valence-electron chi connectivity index (χ4n) is 2.70. The van der Waals surface area contributed by atoms with Gasteiger partial charge in [-0.3, -0.25) is 25.2 Å². The molecule has 0 aromatic heterocycles. The van der Waals surface area contributed by atoms with Crippen LogP contribution < -0.4 is 26.4 Å². The quantitative estimate of drug-likeness (QED) is 0.374. The third-order valence-corrected chi connectivity index (χ3v) is 4.25. The minimum atomic E-state index is -0.448. The molecule has 2 rings (SSSR count). The number of carbonyl (C=O) groups excluding carboxylic acids is 3. The molecule has 9 nitrogen and oxygen atoms in total. The number of nitrogens with one attached hydrogen (secondary N) is 4. The summed E-state index contributed by atoms with van der Waals surface area (Å²) in [6, 6.07) is 6.70. The number of methoxy groups -OCH3 is 1. The number of nitrogens with zero attached hydrogens (tertiary/aromatic N) is 1. The third-order valence-electron chi connectivity index (χ3n) is 4.03. The summed E-state index contributed by atoms with van der Waals surface area (Å²) in [5, 5.41) is 5.70. The van der Waals surface area contributed by atoms with E-state index in [1.165, 1.54) is 0 Å². The smallest absolute Gasteiger partial charge is 0.257 e. The lowest BCUT2D eigenvalue weighted by atomic mass is 10.2. The van der Waals surface area contributed by atoms with Crippen molar-refractivity contribution in [2.24, 2.45) is 0 Å². The van der Waals surface area contributed by atoms with Crippen molar-refractivity contribution < 1.29 is 19.1 Å². The van der Waals surface area contributed by atoms with E-state index < -0.39 is 5.91 Å². The van der Waals surface area contributed by atoms with Gasteiger partial charge in [-0.25, -0.2) is 0 Å². The minimum Gasteiger partial charge on any atom is -0.383 e. The van der Waals surface area contributed by atoms with Crippen molar-refractivity contribution >= 4 is 40.7 Å². The second-order valence-electron chi connectivity index (χ2n) is 6.38. The molecule has 10 heteroatoms. The predicted octanol–water partition coefficient (Wildman–Crippen LogP) is 0.0734. The van der Waals surface area contributed by atoms with Crippen LogP contribution in [0.5, 0.6) is 0 Å². The summed E-state index contributed by atoms with van der Waals surface area (Å²) in [5.74, 6) is -0.745. The van der Waals surface area contributed by atoms with E-state index in [1.54, 1.807) is 36.3 Å². The average molecular weight is 407 g/mol. The van der Waals surface area contributed by atoms with Crippen molar-refractivity contribution in [3.8, 4) is 0 Å². The molecule has 1 aliphatic rings. The Kier molecular flexibility index (Phi) is 8.15. The molecule has 4 N–H and O–H groups in total. The normalized spacial score (nSPS) is 14.4. The van der Waals surface area contributed by atoms with Crippen LogP contribution in [0.2, 0.25) is 0 Å². The first-order valence-electron chi connectivity index (χ1n) is 8.93. The monoisotopic (exact) mass is 407 g/mol. The summed E-state index contributed by atoms with van der Waals surface area (Å²) in [6.07, 6.45) is 1.39. The molecule has 0 radical (unpaired) electrons. The van der Waals surface area contributed by atoms with Gasteiger partial charge in [-0.1, -0.05) is 0 Å². The molecule has 0 bridgehead atoms. The largest absolute Gasteiger partial charge is 0.383 e. The molecule has 0 saturated carbocycles. The van der Waals surface area contributed by atoms with E-state index in [0.29, 0.717) is 25.1 Å². The molecule has 152 valence electrons. The van der Waals surface area contributed by atoms with Crippen LogP contribution in [0.4, 0.5) is 5.69 Å². The summed E-state index contributed by atoms with van der Waals surface area (Å²) < 4.78 is 4.97. The SMILES string of the molecule is COC[C@H](C)NC(=S)NNC(=O)CNC(=O)c1ccc(N2CCCC2=O)cc1. The number of hydrogen-bond acceptors (Lipinski definition) is 5. The first kappa shape index (κ1) is 21.6. The van der Waals surface area contributed by atoms with Gasteiger partial charge < -0.3 is 20.3 Å². The third kappa shape index (κ3) is 6.46. The van der Waals surface area contributed by atoms with Crippen LogP contribution >= 0.6 is 12.2 Å². The minimum absolute atomic E-state index is 0.0135. The molecule has 28 heavy (non-hydrogen) atoms. The molecule has 0 spiro atoms. The highest BCUT2D eigenvalue weighted by molar-refractivity contribution is 7.80. The first-order valence-corrected chi connectivity index (χ1v) is 9.34. The molecule has 1 aromatic rings. The highest BCUT2D eigenvalue weighted by atomic mass is 32.1. The second kappa shape index (κ2) is 10.6. The van der Waals surface area contributed by atoms with E-state index in [4.69, 9.17) is 17.0 Å². The highest BCUT2D eigenvalue weighted by Gasteiger charge is 2.21. The van der Waals surface area contributed by atoms with Gasteiger partial charge in [-0.2, -0.15) is 0 Å². The fraction of sp³-hybridized carbons (Fsp3) is 0.444. The van der Waals surface area contributed by atoms with Crippen LogP contribution in [0.3, 0.4) is 0 Å². The number of hydrazine groups is 1. The van der Waals surface area contributed by atoms with Crippen LogP contribution in [0.15, 0.2) is 24.3 Å². The number of ether oxygens (including phenoxy) is 1. The van der Waals surface area contributed by atoms with Gasteiger partial charge in [0, 0.05) is 37.4 Å². The summed E-state index contributed by atoms with van der Waals surface area (Å²) in [5.41, 5.74) is 6.12. The van der Waals surface area contributed by atoms with Gasteiger partial charge in [-0.05, 0) is 49.8 Å². The molecule has 1 aromatic carbocycles. The van der Waals surface area contributed by atoms with E-state index in [9.17, 15) is 14.4 Å². The molecule has 1 aliphatic heterocycles. The molecular weight excluding hydrogens is 382 g/mol. The van der Waals surface area contributed by atoms with Crippen molar-refractivity contribution in [2.45, 2.75) is 25.8 Å². The number of rotatable bonds is 7. The maximum Gasteiger partial charge on any atom is 0.257 e. The standard InChI is InChI=1S/C18H25N5O4S/c1-12(11-27-2)20-18(28)22-21-15(24)10-19-17(26)13-5-7-14(8-6-13)23-9-3-4-16(23)25/h5-8,12H,3-4,9-11H2,1-2H3,(H,19,26)(H,21,24)(H2,20,22,28)/t12-/m0/s1. The van der Waals surface area contributed by atoms with E-state index in [0.717, 1.165) is 12.1 Å². The number of thiocarbonyl (C=S) groups is 1. The topological polar surface area (TPSA) is 112 Å². The van der Waals surface area contributed by atoms with Crippen LogP contribution in [0.1, 0.15) is 30.1 Å². The molecule has 0 aliphatic carbocycles. The summed E-state index contributed by atoms with van der Waals surface area (Å²) in [7, 11) is 1.58. The van der Waals surface area contributed by atoms with Crippen LogP contribution in [0, 0.1) is 0 Å². The Morgan fingerprint density at radius 3 is 2.57 bits per heavy atom. The molecule has 1 heterocycles. The maximum atomic E-state index is 12.2. The van der Waals surface area contributed by atoms with E-state index >= 15 is 0 Å². The Morgan fingerprint density at radius 2 is 1.96 bits per heavy atom. The van der Waals surface area contributed by atoms with Gasteiger partial charge >= 0.3 is 0 Å². The first-order chi connectivity index (χ1) is 13.4. The fourth-order valence-corrected chi connectivity index (χ4v) is 2.95. The summed E-state index contributed by atoms with van der Waals surface area (Å²) in [6.45, 7) is 2.83. The Labute approximate surface area is 169 Å². The second-order valence-corrected chi connectivity index (χ2v) is 6.79. The molecule has 1 atom stereocenters. The lowest BCUT2D eigenvalue weighted by Gasteiger charge is -2.17. The van der Waals surface area contributed by atoms with Gasteiger partial charge in [0.1, 0.15) is 0 Å². The van der Waals surface area contributed by atoms with Crippen molar-refractivity contribution in [1.82, 2.24) is 21.5 Å². The number of amides is 3. The van der Waals surface area contributed by atoms with Crippen molar-refractivity contribution in [3.63, 3.8) is 0 Å². The van der Waals surface area contributed by atoms with E-state index in [2.05, 4.69) is 21.5 Å². The van der Waals surface area contributed by atoms with Crippen molar-refractivity contribution in [3.05, 3.63) is 29.8 Å². The molecule has 1 saturated heterocycles. The summed E-state index contributed by atoms with van der Waals surface area (Å²) >= 11 is 5.03. The number of benzene rings is 1. The van der Waals surface area contributed by atoms with Crippen LogP contribution in [0.25, 0.3) is 0 Å². The number of carbonyl (C=O) groups is 3. The maximum absolute atomic E-state index is 12.2.